The number of carbonyl (C=O) groups excluding carboxylic acids is 2. The predicted octanol–water partition coefficient (Wildman–Crippen LogP) is 3.14. The van der Waals surface area contributed by atoms with Gasteiger partial charge < -0.3 is 10.1 Å². The number of benzene rings is 1. The molecule has 0 aliphatic rings. The van der Waals surface area contributed by atoms with Crippen LogP contribution in [-0.2, 0) is 14.3 Å². The lowest BCUT2D eigenvalue weighted by atomic mass is 10.1. The Morgan fingerprint density at radius 3 is 2.26 bits per heavy atom. The number of methoxy groups -OCH3 is 1. The fourth-order valence-electron chi connectivity index (χ4n) is 1.76. The fourth-order valence-corrected chi connectivity index (χ4v) is 1.76. The summed E-state index contributed by atoms with van der Waals surface area (Å²) in [4.78, 5) is 22.5. The Hall–Kier alpha value is -1.84. The lowest BCUT2D eigenvalue weighted by Crippen LogP contribution is -2.10. The van der Waals surface area contributed by atoms with E-state index in [1.807, 2.05) is 30.3 Å². The van der Waals surface area contributed by atoms with E-state index in [1.165, 1.54) is 7.11 Å². The number of anilines is 1. The number of rotatable bonds is 8. The average molecular weight is 263 g/mol. The van der Waals surface area contributed by atoms with Gasteiger partial charge in [0.05, 0.1) is 7.11 Å². The van der Waals surface area contributed by atoms with Crippen LogP contribution < -0.4 is 5.32 Å². The third kappa shape index (κ3) is 7.24. The van der Waals surface area contributed by atoms with E-state index in [0.717, 1.165) is 31.4 Å². The van der Waals surface area contributed by atoms with E-state index in [0.29, 0.717) is 12.8 Å². The van der Waals surface area contributed by atoms with Gasteiger partial charge in [0.15, 0.2) is 0 Å². The Balaban J connectivity index is 2.03. The highest BCUT2D eigenvalue weighted by atomic mass is 16.5. The zero-order valence-corrected chi connectivity index (χ0v) is 11.4. The van der Waals surface area contributed by atoms with Gasteiger partial charge in [-0.1, -0.05) is 31.0 Å². The lowest BCUT2D eigenvalue weighted by Gasteiger charge is -2.04. The second-order valence-electron chi connectivity index (χ2n) is 4.40. The predicted molar refractivity (Wildman–Crippen MR) is 74.8 cm³/mol. The van der Waals surface area contributed by atoms with Gasteiger partial charge in [-0.25, -0.2) is 0 Å². The van der Waals surface area contributed by atoms with E-state index >= 15 is 0 Å². The average Bonchev–Trinajstić information content (AvgIpc) is 2.43. The first kappa shape index (κ1) is 15.2. The molecular formula is C15H21NO3. The third-order valence-corrected chi connectivity index (χ3v) is 2.82. The van der Waals surface area contributed by atoms with Crippen molar-refractivity contribution in [3.8, 4) is 0 Å². The van der Waals surface area contributed by atoms with E-state index in [4.69, 9.17) is 0 Å². The highest BCUT2D eigenvalue weighted by molar-refractivity contribution is 5.90. The number of unbranched alkanes of at least 4 members (excludes halogenated alkanes) is 3. The van der Waals surface area contributed by atoms with Crippen LogP contribution in [0.5, 0.6) is 0 Å². The molecule has 19 heavy (non-hydrogen) atoms. The Morgan fingerprint density at radius 2 is 1.63 bits per heavy atom. The number of hydrogen-bond donors (Lipinski definition) is 1. The maximum Gasteiger partial charge on any atom is 0.305 e. The molecule has 0 saturated heterocycles. The number of amides is 1. The lowest BCUT2D eigenvalue weighted by molar-refractivity contribution is -0.140. The highest BCUT2D eigenvalue weighted by Crippen LogP contribution is 2.09. The van der Waals surface area contributed by atoms with Crippen LogP contribution in [0.1, 0.15) is 38.5 Å². The van der Waals surface area contributed by atoms with Gasteiger partial charge in [0, 0.05) is 18.5 Å². The second-order valence-corrected chi connectivity index (χ2v) is 4.40. The molecule has 0 saturated carbocycles. The van der Waals surface area contributed by atoms with Gasteiger partial charge in [0.2, 0.25) is 5.91 Å². The van der Waals surface area contributed by atoms with Crippen molar-refractivity contribution in [2.75, 3.05) is 12.4 Å². The molecule has 4 heteroatoms. The van der Waals surface area contributed by atoms with Crippen molar-refractivity contribution < 1.29 is 14.3 Å². The van der Waals surface area contributed by atoms with Crippen LogP contribution in [-0.4, -0.2) is 19.0 Å². The topological polar surface area (TPSA) is 55.4 Å². The van der Waals surface area contributed by atoms with Crippen molar-refractivity contribution in [1.82, 2.24) is 0 Å². The number of ether oxygens (including phenoxy) is 1. The van der Waals surface area contributed by atoms with Crippen LogP contribution in [0, 0.1) is 0 Å². The summed E-state index contributed by atoms with van der Waals surface area (Å²) in [6.45, 7) is 0. The van der Waals surface area contributed by atoms with Crippen molar-refractivity contribution in [2.45, 2.75) is 38.5 Å². The Kier molecular flexibility index (Phi) is 7.32. The maximum atomic E-state index is 11.6. The minimum atomic E-state index is -0.165. The molecule has 0 fully saturated rings. The van der Waals surface area contributed by atoms with Gasteiger partial charge in [0.1, 0.15) is 0 Å². The van der Waals surface area contributed by atoms with Crippen molar-refractivity contribution >= 4 is 17.6 Å². The van der Waals surface area contributed by atoms with Crippen molar-refractivity contribution in [2.24, 2.45) is 0 Å². The van der Waals surface area contributed by atoms with Gasteiger partial charge in [-0.3, -0.25) is 9.59 Å². The van der Waals surface area contributed by atoms with E-state index < -0.39 is 0 Å². The van der Waals surface area contributed by atoms with Crippen LogP contribution in [0.3, 0.4) is 0 Å². The molecule has 0 unspecified atom stereocenters. The van der Waals surface area contributed by atoms with Gasteiger partial charge in [-0.2, -0.15) is 0 Å². The first-order valence-corrected chi connectivity index (χ1v) is 6.64. The second kappa shape index (κ2) is 9.14. The Labute approximate surface area is 114 Å². The van der Waals surface area contributed by atoms with Crippen molar-refractivity contribution in [3.63, 3.8) is 0 Å². The molecule has 0 aliphatic carbocycles. The molecule has 1 N–H and O–H groups in total. The zero-order chi connectivity index (χ0) is 13.9. The van der Waals surface area contributed by atoms with Gasteiger partial charge in [0.25, 0.3) is 0 Å². The SMILES string of the molecule is COC(=O)CCCCCCC(=O)Nc1ccccc1. The van der Waals surface area contributed by atoms with E-state index in [-0.39, 0.29) is 11.9 Å². The summed E-state index contributed by atoms with van der Waals surface area (Å²) in [7, 11) is 1.40. The quantitative estimate of drug-likeness (QED) is 0.579. The smallest absolute Gasteiger partial charge is 0.305 e. The zero-order valence-electron chi connectivity index (χ0n) is 11.4. The van der Waals surface area contributed by atoms with Crippen LogP contribution in [0.2, 0.25) is 0 Å². The number of carbonyl (C=O) groups is 2. The van der Waals surface area contributed by atoms with E-state index in [2.05, 4.69) is 10.1 Å². The van der Waals surface area contributed by atoms with Crippen LogP contribution in [0.15, 0.2) is 30.3 Å². The number of hydrogen-bond acceptors (Lipinski definition) is 3. The number of para-hydroxylation sites is 1. The molecule has 1 aromatic rings. The minimum Gasteiger partial charge on any atom is -0.469 e. The van der Waals surface area contributed by atoms with E-state index in [1.54, 1.807) is 0 Å². The van der Waals surface area contributed by atoms with E-state index in [9.17, 15) is 9.59 Å². The first-order chi connectivity index (χ1) is 9.22. The molecule has 1 amide bonds. The van der Waals surface area contributed by atoms with Gasteiger partial charge in [-0.15, -0.1) is 0 Å². The highest BCUT2D eigenvalue weighted by Gasteiger charge is 2.03. The van der Waals surface area contributed by atoms with Crippen molar-refractivity contribution in [3.05, 3.63) is 30.3 Å². The molecule has 0 atom stereocenters. The summed E-state index contributed by atoms with van der Waals surface area (Å²) in [6, 6.07) is 9.43. The summed E-state index contributed by atoms with van der Waals surface area (Å²) in [5.41, 5.74) is 0.832. The molecule has 0 radical (unpaired) electrons. The van der Waals surface area contributed by atoms with Crippen LogP contribution >= 0.6 is 0 Å². The first-order valence-electron chi connectivity index (χ1n) is 6.64. The molecule has 0 aromatic heterocycles. The minimum absolute atomic E-state index is 0.0409. The molecule has 1 aromatic carbocycles. The Bertz CT molecular complexity index is 390. The van der Waals surface area contributed by atoms with Crippen LogP contribution in [0.4, 0.5) is 5.69 Å². The molecule has 0 spiro atoms. The molecule has 0 aliphatic heterocycles. The standard InChI is InChI=1S/C15H21NO3/c1-19-15(18)12-8-3-2-7-11-14(17)16-13-9-5-4-6-10-13/h4-6,9-10H,2-3,7-8,11-12H2,1H3,(H,16,17). The summed E-state index contributed by atoms with van der Waals surface area (Å²) in [5, 5.41) is 2.85. The fraction of sp³-hybridized carbons (Fsp3) is 0.467. The Morgan fingerprint density at radius 1 is 1.00 bits per heavy atom. The monoisotopic (exact) mass is 263 g/mol. The number of esters is 1. The summed E-state index contributed by atoms with van der Waals surface area (Å²) in [5.74, 6) is -0.124. The molecule has 104 valence electrons. The molecule has 4 nitrogen and oxygen atoms in total. The summed E-state index contributed by atoms with van der Waals surface area (Å²) >= 11 is 0. The molecular weight excluding hydrogens is 242 g/mol. The third-order valence-electron chi connectivity index (χ3n) is 2.82. The molecule has 0 heterocycles. The van der Waals surface area contributed by atoms with Gasteiger partial charge in [-0.05, 0) is 25.0 Å². The summed E-state index contributed by atoms with van der Waals surface area (Å²) < 4.78 is 4.56. The van der Waals surface area contributed by atoms with Crippen molar-refractivity contribution in [1.29, 1.82) is 0 Å². The summed E-state index contributed by atoms with van der Waals surface area (Å²) in [6.07, 6.45) is 4.57. The molecule has 1 rings (SSSR count). The normalized spacial score (nSPS) is 9.95. The maximum absolute atomic E-state index is 11.6. The van der Waals surface area contributed by atoms with Gasteiger partial charge >= 0.3 is 5.97 Å². The number of nitrogens with one attached hydrogen (secondary N) is 1. The largest absolute Gasteiger partial charge is 0.469 e. The molecule has 0 bridgehead atoms. The van der Waals surface area contributed by atoms with Crippen LogP contribution in [0.25, 0.3) is 0 Å².